The number of ether oxygens (including phenoxy) is 3. The Labute approximate surface area is 174 Å². The van der Waals surface area contributed by atoms with Crippen LogP contribution in [0.15, 0.2) is 30.3 Å². The number of aliphatic hydroxyl groups excluding tert-OH is 1. The lowest BCUT2D eigenvalue weighted by Crippen LogP contribution is -2.31. The van der Waals surface area contributed by atoms with E-state index in [1.165, 1.54) is 7.11 Å². The molecule has 1 N–H and O–H groups in total. The average Bonchev–Trinajstić information content (AvgIpc) is 2.62. The van der Waals surface area contributed by atoms with E-state index in [2.05, 4.69) is 0 Å². The molecule has 0 bridgehead atoms. The van der Waals surface area contributed by atoms with Crippen molar-refractivity contribution in [2.45, 2.75) is 26.9 Å². The molecule has 2 aromatic carbocycles. The fourth-order valence-electron chi connectivity index (χ4n) is 2.62. The fourth-order valence-corrected chi connectivity index (χ4v) is 2.62. The molecule has 0 aliphatic heterocycles. The van der Waals surface area contributed by atoms with E-state index in [1.54, 1.807) is 25.3 Å². The summed E-state index contributed by atoms with van der Waals surface area (Å²) in [4.78, 5) is 12.8. The number of ketones is 1. The van der Waals surface area contributed by atoms with Crippen LogP contribution < -0.4 is 14.2 Å². The molecule has 2 rings (SSSR count). The Kier molecular flexibility index (Phi) is 10.4. The van der Waals surface area contributed by atoms with Crippen molar-refractivity contribution < 1.29 is 24.1 Å². The van der Waals surface area contributed by atoms with Crippen LogP contribution in [0.5, 0.6) is 17.2 Å². The summed E-state index contributed by atoms with van der Waals surface area (Å²) in [5, 5.41) is 9.71. The molecule has 0 aliphatic carbocycles. The molecule has 27 heavy (non-hydrogen) atoms. The number of Topliss-reactive ketones (excluding diaryl/α,β-unsaturated/α-hetero) is 1. The predicted molar refractivity (Wildman–Crippen MR) is 117 cm³/mol. The summed E-state index contributed by atoms with van der Waals surface area (Å²) in [7, 11) is 3.10. The SMILES string of the molecule is COc1cc(C(=O)C(CO)Oc2c(C)cccc2OC)cc(C)c1C.S.S. The second-order valence-electron chi connectivity index (χ2n) is 5.88. The Balaban J connectivity index is 0.00000338. The van der Waals surface area contributed by atoms with Gasteiger partial charge >= 0.3 is 0 Å². The molecule has 1 atom stereocenters. The molecule has 0 fully saturated rings. The van der Waals surface area contributed by atoms with E-state index in [1.807, 2.05) is 32.9 Å². The fraction of sp³-hybridized carbons (Fsp3) is 0.350. The Morgan fingerprint density at radius 1 is 1.00 bits per heavy atom. The number of aryl methyl sites for hydroxylation is 2. The number of carbonyl (C=O) groups is 1. The Bertz CT molecular complexity index is 777. The Morgan fingerprint density at radius 3 is 2.19 bits per heavy atom. The highest BCUT2D eigenvalue weighted by molar-refractivity contribution is 7.59. The van der Waals surface area contributed by atoms with Crippen molar-refractivity contribution in [2.75, 3.05) is 20.8 Å². The smallest absolute Gasteiger partial charge is 0.205 e. The molecule has 0 heterocycles. The number of methoxy groups -OCH3 is 2. The van der Waals surface area contributed by atoms with E-state index in [0.717, 1.165) is 16.7 Å². The van der Waals surface area contributed by atoms with Gasteiger partial charge in [-0.2, -0.15) is 27.0 Å². The van der Waals surface area contributed by atoms with Gasteiger partial charge in [0.25, 0.3) is 0 Å². The van der Waals surface area contributed by atoms with Gasteiger partial charge in [-0.15, -0.1) is 0 Å². The van der Waals surface area contributed by atoms with Crippen molar-refractivity contribution in [3.63, 3.8) is 0 Å². The van der Waals surface area contributed by atoms with E-state index >= 15 is 0 Å². The van der Waals surface area contributed by atoms with Crippen molar-refractivity contribution in [1.29, 1.82) is 0 Å². The van der Waals surface area contributed by atoms with Crippen LogP contribution in [0.4, 0.5) is 0 Å². The Morgan fingerprint density at radius 2 is 1.63 bits per heavy atom. The second-order valence-corrected chi connectivity index (χ2v) is 5.88. The van der Waals surface area contributed by atoms with Crippen LogP contribution in [0.2, 0.25) is 0 Å². The Hall–Kier alpha value is -1.83. The molecule has 150 valence electrons. The summed E-state index contributed by atoms with van der Waals surface area (Å²) >= 11 is 0. The van der Waals surface area contributed by atoms with Crippen molar-refractivity contribution in [3.8, 4) is 17.2 Å². The van der Waals surface area contributed by atoms with Gasteiger partial charge in [-0.05, 0) is 55.7 Å². The van der Waals surface area contributed by atoms with Gasteiger partial charge in [-0.3, -0.25) is 4.79 Å². The van der Waals surface area contributed by atoms with Crippen molar-refractivity contribution >= 4 is 32.8 Å². The molecular weight excluding hydrogens is 384 g/mol. The van der Waals surface area contributed by atoms with E-state index in [4.69, 9.17) is 14.2 Å². The zero-order chi connectivity index (χ0) is 18.6. The molecule has 0 saturated heterocycles. The zero-order valence-corrected chi connectivity index (χ0v) is 18.3. The molecule has 1 unspecified atom stereocenters. The third-order valence-electron chi connectivity index (χ3n) is 4.24. The molecule has 2 aromatic rings. The zero-order valence-electron chi connectivity index (χ0n) is 16.3. The monoisotopic (exact) mass is 412 g/mol. The van der Waals surface area contributed by atoms with Gasteiger partial charge in [0.2, 0.25) is 5.78 Å². The van der Waals surface area contributed by atoms with Gasteiger partial charge in [0, 0.05) is 5.56 Å². The van der Waals surface area contributed by atoms with Crippen LogP contribution >= 0.6 is 27.0 Å². The minimum Gasteiger partial charge on any atom is -0.496 e. The van der Waals surface area contributed by atoms with E-state index < -0.39 is 12.7 Å². The van der Waals surface area contributed by atoms with Gasteiger partial charge in [0.05, 0.1) is 20.8 Å². The summed E-state index contributed by atoms with van der Waals surface area (Å²) in [6.45, 7) is 5.26. The first-order valence-electron chi connectivity index (χ1n) is 8.03. The van der Waals surface area contributed by atoms with E-state index in [9.17, 15) is 9.90 Å². The van der Waals surface area contributed by atoms with Crippen LogP contribution in [0.1, 0.15) is 27.0 Å². The van der Waals surface area contributed by atoms with Crippen molar-refractivity contribution in [1.82, 2.24) is 0 Å². The van der Waals surface area contributed by atoms with Crippen LogP contribution in [0, 0.1) is 20.8 Å². The summed E-state index contributed by atoms with van der Waals surface area (Å²) in [6, 6.07) is 8.90. The summed E-state index contributed by atoms with van der Waals surface area (Å²) < 4.78 is 16.4. The highest BCUT2D eigenvalue weighted by Gasteiger charge is 2.24. The number of hydrogen-bond donors (Lipinski definition) is 1. The number of benzene rings is 2. The predicted octanol–water partition coefficient (Wildman–Crippen LogP) is 3.48. The maximum atomic E-state index is 12.8. The topological polar surface area (TPSA) is 65.0 Å². The lowest BCUT2D eigenvalue weighted by atomic mass is 10.00. The maximum Gasteiger partial charge on any atom is 0.205 e. The average molecular weight is 413 g/mol. The summed E-state index contributed by atoms with van der Waals surface area (Å²) in [5.74, 6) is 1.29. The van der Waals surface area contributed by atoms with Gasteiger partial charge in [0.15, 0.2) is 17.6 Å². The standard InChI is InChI=1S/C20H24O5.2H2S/c1-12-7-6-8-16(23-4)20(12)25-18(11-21)19(22)15-9-13(2)14(3)17(10-15)24-5;;/h6-10,18,21H,11H2,1-5H3;2*1H2. The molecule has 0 saturated carbocycles. The van der Waals surface area contributed by atoms with Gasteiger partial charge in [-0.25, -0.2) is 0 Å². The molecular formula is C20H28O5S2. The molecule has 0 spiro atoms. The molecule has 0 aliphatic rings. The number of carbonyl (C=O) groups excluding carboxylic acids is 1. The second kappa shape index (κ2) is 11.1. The van der Waals surface area contributed by atoms with Crippen LogP contribution in [0.25, 0.3) is 0 Å². The molecule has 5 nitrogen and oxygen atoms in total. The minimum atomic E-state index is -1.03. The highest BCUT2D eigenvalue weighted by atomic mass is 32.1. The summed E-state index contributed by atoms with van der Waals surface area (Å²) in [6.07, 6.45) is -1.03. The normalized spacial score (nSPS) is 10.9. The van der Waals surface area contributed by atoms with Gasteiger partial charge < -0.3 is 19.3 Å². The first kappa shape index (κ1) is 25.2. The first-order valence-corrected chi connectivity index (χ1v) is 8.03. The lowest BCUT2D eigenvalue weighted by Gasteiger charge is -2.20. The number of para-hydroxylation sites is 1. The lowest BCUT2D eigenvalue weighted by molar-refractivity contribution is 0.0650. The van der Waals surface area contributed by atoms with Gasteiger partial charge in [-0.1, -0.05) is 12.1 Å². The number of rotatable bonds is 7. The highest BCUT2D eigenvalue weighted by Crippen LogP contribution is 2.32. The van der Waals surface area contributed by atoms with E-state index in [0.29, 0.717) is 22.8 Å². The largest absolute Gasteiger partial charge is 0.496 e. The number of hydrogen-bond acceptors (Lipinski definition) is 5. The van der Waals surface area contributed by atoms with Crippen LogP contribution in [-0.4, -0.2) is 37.8 Å². The van der Waals surface area contributed by atoms with Crippen LogP contribution in [-0.2, 0) is 0 Å². The molecule has 7 heteroatoms. The maximum absolute atomic E-state index is 12.8. The quantitative estimate of drug-likeness (QED) is 0.706. The van der Waals surface area contributed by atoms with Gasteiger partial charge in [0.1, 0.15) is 5.75 Å². The third kappa shape index (κ3) is 5.57. The molecule has 0 radical (unpaired) electrons. The van der Waals surface area contributed by atoms with Crippen molar-refractivity contribution in [3.05, 3.63) is 52.6 Å². The third-order valence-corrected chi connectivity index (χ3v) is 4.24. The molecule has 0 aromatic heterocycles. The van der Waals surface area contributed by atoms with Crippen LogP contribution in [0.3, 0.4) is 0 Å². The molecule has 0 amide bonds. The summed E-state index contributed by atoms with van der Waals surface area (Å²) in [5.41, 5.74) is 3.17. The first-order chi connectivity index (χ1) is 11.9. The number of aliphatic hydroxyl groups is 1. The minimum absolute atomic E-state index is 0. The van der Waals surface area contributed by atoms with Crippen molar-refractivity contribution in [2.24, 2.45) is 0 Å². The van der Waals surface area contributed by atoms with E-state index in [-0.39, 0.29) is 32.8 Å².